The summed E-state index contributed by atoms with van der Waals surface area (Å²) < 4.78 is 5.18. The first kappa shape index (κ1) is 20.8. The third-order valence-corrected chi connectivity index (χ3v) is 5.83. The number of aromatic hydroxyl groups is 1. The fourth-order valence-corrected chi connectivity index (χ4v) is 4.14. The maximum atomic E-state index is 13.3. The van der Waals surface area contributed by atoms with Crippen molar-refractivity contribution in [1.82, 2.24) is 0 Å². The molecule has 0 bridgehead atoms. The number of anilines is 1. The second-order valence-corrected chi connectivity index (χ2v) is 8.26. The number of benzene rings is 3. The summed E-state index contributed by atoms with van der Waals surface area (Å²) in [7, 11) is 1.49. The SMILES string of the molecule is COc1cc(/C=C2\S/C(=N\c3ccc(C)cc3)N(c3ccc(C)cc3)C2=O)ccc1O. The summed E-state index contributed by atoms with van der Waals surface area (Å²) in [5.41, 5.74) is 4.57. The standard InChI is InChI=1S/C25H22N2O3S/c1-16-4-9-19(10-5-16)26-25-27(20-11-6-17(2)7-12-20)24(29)23(31-25)15-18-8-13-21(28)22(14-18)30-3/h4-15,28H,1-3H3/b23-15-,26-25-. The van der Waals surface area contributed by atoms with Crippen molar-refractivity contribution < 1.29 is 14.6 Å². The van der Waals surface area contributed by atoms with Gasteiger partial charge < -0.3 is 9.84 Å². The molecule has 0 aliphatic carbocycles. The fraction of sp³-hybridized carbons (Fsp3) is 0.120. The van der Waals surface area contributed by atoms with Crippen molar-refractivity contribution in [2.75, 3.05) is 12.0 Å². The Morgan fingerprint density at radius 2 is 1.61 bits per heavy atom. The van der Waals surface area contributed by atoms with Gasteiger partial charge in [-0.1, -0.05) is 41.5 Å². The first-order valence-electron chi connectivity index (χ1n) is 9.77. The Kier molecular flexibility index (Phi) is 5.82. The molecule has 0 radical (unpaired) electrons. The summed E-state index contributed by atoms with van der Waals surface area (Å²) in [5.74, 6) is 0.262. The van der Waals surface area contributed by atoms with Crippen LogP contribution in [-0.4, -0.2) is 23.3 Å². The topological polar surface area (TPSA) is 62.1 Å². The highest BCUT2D eigenvalue weighted by Gasteiger charge is 2.34. The van der Waals surface area contributed by atoms with Crippen LogP contribution in [0.5, 0.6) is 11.5 Å². The summed E-state index contributed by atoms with van der Waals surface area (Å²) in [5, 5.41) is 10.4. The minimum atomic E-state index is -0.147. The van der Waals surface area contributed by atoms with Gasteiger partial charge >= 0.3 is 0 Å². The van der Waals surface area contributed by atoms with Crippen LogP contribution in [0.4, 0.5) is 11.4 Å². The lowest BCUT2D eigenvalue weighted by molar-refractivity contribution is -0.113. The molecule has 1 aliphatic heterocycles. The number of thioether (sulfide) groups is 1. The van der Waals surface area contributed by atoms with Gasteiger partial charge in [0, 0.05) is 0 Å². The zero-order valence-corrected chi connectivity index (χ0v) is 18.3. The van der Waals surface area contributed by atoms with Gasteiger partial charge in [0.05, 0.1) is 23.4 Å². The van der Waals surface area contributed by atoms with Gasteiger partial charge in [0.15, 0.2) is 16.7 Å². The molecule has 4 rings (SSSR count). The number of nitrogens with zero attached hydrogens (tertiary/aromatic N) is 2. The molecule has 1 heterocycles. The Bertz CT molecular complexity index is 1180. The van der Waals surface area contributed by atoms with Gasteiger partial charge in [0.2, 0.25) is 0 Å². The quantitative estimate of drug-likeness (QED) is 0.529. The summed E-state index contributed by atoms with van der Waals surface area (Å²) in [6.07, 6.45) is 1.79. The lowest BCUT2D eigenvalue weighted by atomic mass is 10.1. The smallest absolute Gasteiger partial charge is 0.271 e. The number of hydrogen-bond donors (Lipinski definition) is 1. The third-order valence-electron chi connectivity index (χ3n) is 4.86. The molecule has 3 aromatic rings. The highest BCUT2D eigenvalue weighted by atomic mass is 32.2. The maximum Gasteiger partial charge on any atom is 0.271 e. The molecular formula is C25H22N2O3S. The van der Waals surface area contributed by atoms with Crippen molar-refractivity contribution in [3.8, 4) is 11.5 Å². The molecule has 31 heavy (non-hydrogen) atoms. The summed E-state index contributed by atoms with van der Waals surface area (Å²) in [4.78, 5) is 20.3. The largest absolute Gasteiger partial charge is 0.504 e. The Morgan fingerprint density at radius 3 is 2.26 bits per heavy atom. The molecule has 5 nitrogen and oxygen atoms in total. The lowest BCUT2D eigenvalue weighted by Gasteiger charge is -2.16. The van der Waals surface area contributed by atoms with Crippen molar-refractivity contribution in [1.29, 1.82) is 0 Å². The number of carbonyl (C=O) groups excluding carboxylic acids is 1. The van der Waals surface area contributed by atoms with Crippen LogP contribution in [0.15, 0.2) is 76.6 Å². The Morgan fingerprint density at radius 1 is 0.968 bits per heavy atom. The predicted molar refractivity (Wildman–Crippen MR) is 127 cm³/mol. The van der Waals surface area contributed by atoms with E-state index >= 15 is 0 Å². The average Bonchev–Trinajstić information content (AvgIpc) is 3.06. The van der Waals surface area contributed by atoms with E-state index in [0.717, 1.165) is 28.1 Å². The molecule has 1 saturated heterocycles. The van der Waals surface area contributed by atoms with E-state index in [1.807, 2.05) is 62.4 Å². The number of methoxy groups -OCH3 is 1. The molecule has 0 saturated carbocycles. The minimum absolute atomic E-state index is 0.0537. The number of hydrogen-bond acceptors (Lipinski definition) is 5. The van der Waals surface area contributed by atoms with Crippen molar-refractivity contribution in [3.05, 3.63) is 88.3 Å². The number of amidine groups is 1. The van der Waals surface area contributed by atoms with Gasteiger partial charge in [-0.25, -0.2) is 4.99 Å². The van der Waals surface area contributed by atoms with Gasteiger partial charge in [-0.05, 0) is 73.6 Å². The summed E-state index contributed by atoms with van der Waals surface area (Å²) >= 11 is 1.32. The highest BCUT2D eigenvalue weighted by molar-refractivity contribution is 8.19. The molecule has 1 N–H and O–H groups in total. The number of aliphatic imine (C=N–C) groups is 1. The number of aryl methyl sites for hydroxylation is 2. The molecule has 3 aromatic carbocycles. The number of ether oxygens (including phenoxy) is 1. The van der Waals surface area contributed by atoms with Crippen molar-refractivity contribution in [3.63, 3.8) is 0 Å². The molecule has 0 aromatic heterocycles. The van der Waals surface area contributed by atoms with Gasteiger partial charge in [-0.2, -0.15) is 0 Å². The van der Waals surface area contributed by atoms with E-state index in [1.165, 1.54) is 18.9 Å². The molecule has 156 valence electrons. The third kappa shape index (κ3) is 4.49. The van der Waals surface area contributed by atoms with E-state index in [2.05, 4.69) is 0 Å². The van der Waals surface area contributed by atoms with Crippen LogP contribution in [0.3, 0.4) is 0 Å². The highest BCUT2D eigenvalue weighted by Crippen LogP contribution is 2.38. The van der Waals surface area contributed by atoms with Crippen LogP contribution in [-0.2, 0) is 4.79 Å². The molecule has 0 atom stereocenters. The Labute approximate surface area is 185 Å². The van der Waals surface area contributed by atoms with Crippen LogP contribution in [0.1, 0.15) is 16.7 Å². The molecule has 1 fully saturated rings. The summed E-state index contributed by atoms with van der Waals surface area (Å²) in [6.45, 7) is 4.03. The van der Waals surface area contributed by atoms with Crippen LogP contribution >= 0.6 is 11.8 Å². The average molecular weight is 431 g/mol. The van der Waals surface area contributed by atoms with Gasteiger partial charge in [-0.15, -0.1) is 0 Å². The molecule has 1 aliphatic rings. The van der Waals surface area contributed by atoms with Gasteiger partial charge in [-0.3, -0.25) is 9.69 Å². The lowest BCUT2D eigenvalue weighted by Crippen LogP contribution is -2.28. The minimum Gasteiger partial charge on any atom is -0.504 e. The maximum absolute atomic E-state index is 13.3. The Balaban J connectivity index is 1.76. The predicted octanol–water partition coefficient (Wildman–Crippen LogP) is 5.83. The monoisotopic (exact) mass is 430 g/mol. The van der Waals surface area contributed by atoms with Crippen molar-refractivity contribution in [2.45, 2.75) is 13.8 Å². The molecule has 6 heteroatoms. The zero-order chi connectivity index (χ0) is 22.0. The molecule has 0 spiro atoms. The van der Waals surface area contributed by atoms with Crippen LogP contribution in [0.2, 0.25) is 0 Å². The van der Waals surface area contributed by atoms with E-state index in [4.69, 9.17) is 9.73 Å². The number of amides is 1. The van der Waals surface area contributed by atoms with Crippen LogP contribution in [0.25, 0.3) is 6.08 Å². The molecular weight excluding hydrogens is 408 g/mol. The number of rotatable bonds is 4. The normalized spacial score (nSPS) is 16.4. The second kappa shape index (κ2) is 8.70. The van der Waals surface area contributed by atoms with Crippen molar-refractivity contribution in [2.24, 2.45) is 4.99 Å². The molecule has 1 amide bonds. The number of phenols is 1. The number of carbonyl (C=O) groups is 1. The van der Waals surface area contributed by atoms with Crippen molar-refractivity contribution >= 4 is 40.3 Å². The van der Waals surface area contributed by atoms with Gasteiger partial charge in [0.1, 0.15) is 0 Å². The zero-order valence-electron chi connectivity index (χ0n) is 17.5. The number of phenolic OH excluding ortho intramolecular Hbond substituents is 1. The first-order valence-corrected chi connectivity index (χ1v) is 10.6. The van der Waals surface area contributed by atoms with E-state index in [9.17, 15) is 9.90 Å². The van der Waals surface area contributed by atoms with Crippen LogP contribution < -0.4 is 9.64 Å². The second-order valence-electron chi connectivity index (χ2n) is 7.25. The Hall–Kier alpha value is -3.51. The fourth-order valence-electron chi connectivity index (χ4n) is 3.14. The summed E-state index contributed by atoms with van der Waals surface area (Å²) in [6, 6.07) is 20.6. The van der Waals surface area contributed by atoms with E-state index in [-0.39, 0.29) is 11.7 Å². The van der Waals surface area contributed by atoms with E-state index in [1.54, 1.807) is 29.2 Å². The first-order chi connectivity index (χ1) is 14.9. The van der Waals surface area contributed by atoms with Gasteiger partial charge in [0.25, 0.3) is 5.91 Å². The molecule has 0 unspecified atom stereocenters. The van der Waals surface area contributed by atoms with Crippen LogP contribution in [0, 0.1) is 13.8 Å². The van der Waals surface area contributed by atoms with E-state index in [0.29, 0.717) is 15.8 Å². The van der Waals surface area contributed by atoms with E-state index < -0.39 is 0 Å².